The Morgan fingerprint density at radius 3 is 2.81 bits per heavy atom. The lowest BCUT2D eigenvalue weighted by atomic mass is 10.1. The van der Waals surface area contributed by atoms with E-state index in [1.165, 1.54) is 4.90 Å². The van der Waals surface area contributed by atoms with Crippen LogP contribution in [-0.4, -0.2) is 57.7 Å². The Hall–Kier alpha value is -2.42. The molecule has 2 heterocycles. The molecule has 3 N–H and O–H groups in total. The highest BCUT2D eigenvalue weighted by molar-refractivity contribution is 5.79. The van der Waals surface area contributed by atoms with E-state index >= 15 is 0 Å². The zero-order valence-electron chi connectivity index (χ0n) is 11.1. The highest BCUT2D eigenvalue weighted by atomic mass is 16.5. The molecule has 0 aromatic carbocycles. The van der Waals surface area contributed by atoms with Gasteiger partial charge in [0.1, 0.15) is 0 Å². The highest BCUT2D eigenvalue weighted by Crippen LogP contribution is 2.12. The number of carbonyl (C=O) groups is 2. The van der Waals surface area contributed by atoms with Crippen molar-refractivity contribution in [1.29, 1.82) is 0 Å². The van der Waals surface area contributed by atoms with Crippen LogP contribution in [-0.2, 0) is 20.7 Å². The largest absolute Gasteiger partial charge is 0.481 e. The summed E-state index contributed by atoms with van der Waals surface area (Å²) in [6.45, 7) is 0.766. The van der Waals surface area contributed by atoms with E-state index in [0.29, 0.717) is 6.61 Å². The van der Waals surface area contributed by atoms with Gasteiger partial charge in [0.05, 0.1) is 32.1 Å². The van der Waals surface area contributed by atoms with Gasteiger partial charge in [-0.1, -0.05) is 0 Å². The summed E-state index contributed by atoms with van der Waals surface area (Å²) < 4.78 is 5.18. The summed E-state index contributed by atoms with van der Waals surface area (Å²) in [7, 11) is 0. The lowest BCUT2D eigenvalue weighted by Gasteiger charge is -2.34. The molecule has 1 amide bonds. The monoisotopic (exact) mass is 297 g/mol. The number of hydrogen-bond donors (Lipinski definition) is 3. The fourth-order valence-corrected chi connectivity index (χ4v) is 2.23. The highest BCUT2D eigenvalue weighted by Gasteiger charge is 2.29. The van der Waals surface area contributed by atoms with Crippen LogP contribution in [0, 0.1) is 0 Å². The van der Waals surface area contributed by atoms with Gasteiger partial charge < -0.3 is 19.7 Å². The maximum atomic E-state index is 12.2. The number of carboxylic acids is 1. The van der Waals surface area contributed by atoms with Gasteiger partial charge in [-0.3, -0.25) is 19.4 Å². The Bertz CT molecular complexity index is 621. The van der Waals surface area contributed by atoms with Gasteiger partial charge in [-0.05, 0) is 0 Å². The number of nitrogens with zero attached hydrogens (tertiary/aromatic N) is 1. The standard InChI is InChI=1S/C12H15N3O6/c16-9-3-7(13-12(20)14-9)4-10(17)15-1-2-21-6-8(15)5-11(18)19/h3,8H,1-2,4-6H2,(H,18,19)(H2,13,14,16,20). The minimum Gasteiger partial charge on any atom is -0.481 e. The summed E-state index contributed by atoms with van der Waals surface area (Å²) in [5.74, 6) is -1.38. The first-order valence-electron chi connectivity index (χ1n) is 6.37. The van der Waals surface area contributed by atoms with Crippen LogP contribution in [0.15, 0.2) is 15.7 Å². The first-order valence-corrected chi connectivity index (χ1v) is 6.37. The van der Waals surface area contributed by atoms with Crippen LogP contribution in [0.4, 0.5) is 0 Å². The Labute approximate surface area is 118 Å². The van der Waals surface area contributed by atoms with Crippen LogP contribution in [0.1, 0.15) is 12.1 Å². The van der Waals surface area contributed by atoms with Crippen molar-refractivity contribution in [2.24, 2.45) is 0 Å². The van der Waals surface area contributed by atoms with Crippen molar-refractivity contribution < 1.29 is 19.4 Å². The second kappa shape index (κ2) is 6.35. The quantitative estimate of drug-likeness (QED) is 0.607. The number of aromatic amines is 2. The van der Waals surface area contributed by atoms with Crippen molar-refractivity contribution in [2.75, 3.05) is 19.8 Å². The summed E-state index contributed by atoms with van der Waals surface area (Å²) in [5.41, 5.74) is -1.09. The minimum absolute atomic E-state index is 0.157. The maximum absolute atomic E-state index is 12.2. The maximum Gasteiger partial charge on any atom is 0.325 e. The zero-order chi connectivity index (χ0) is 15.4. The molecular formula is C12H15N3O6. The molecule has 114 valence electrons. The predicted molar refractivity (Wildman–Crippen MR) is 70.0 cm³/mol. The summed E-state index contributed by atoms with van der Waals surface area (Å²) in [6.07, 6.45) is -0.382. The van der Waals surface area contributed by atoms with Gasteiger partial charge >= 0.3 is 11.7 Å². The summed E-state index contributed by atoms with van der Waals surface area (Å²) in [4.78, 5) is 51.1. The third-order valence-electron chi connectivity index (χ3n) is 3.12. The number of nitrogens with one attached hydrogen (secondary N) is 2. The number of rotatable bonds is 4. The molecule has 1 saturated heterocycles. The van der Waals surface area contributed by atoms with Crippen LogP contribution in [0.2, 0.25) is 0 Å². The normalized spacial score (nSPS) is 18.5. The molecule has 0 spiro atoms. The molecule has 0 aliphatic carbocycles. The van der Waals surface area contributed by atoms with Crippen molar-refractivity contribution in [1.82, 2.24) is 14.9 Å². The molecule has 0 radical (unpaired) electrons. The molecule has 9 nitrogen and oxygen atoms in total. The molecule has 1 atom stereocenters. The van der Waals surface area contributed by atoms with Crippen molar-refractivity contribution in [3.8, 4) is 0 Å². The van der Waals surface area contributed by atoms with Crippen molar-refractivity contribution in [2.45, 2.75) is 18.9 Å². The van der Waals surface area contributed by atoms with E-state index in [1.54, 1.807) is 0 Å². The number of amides is 1. The molecule has 1 aromatic heterocycles. The number of aromatic nitrogens is 2. The van der Waals surface area contributed by atoms with Crippen LogP contribution in [0.3, 0.4) is 0 Å². The fourth-order valence-electron chi connectivity index (χ4n) is 2.23. The average Bonchev–Trinajstić information content (AvgIpc) is 2.37. The van der Waals surface area contributed by atoms with Crippen molar-refractivity contribution >= 4 is 11.9 Å². The predicted octanol–water partition coefficient (Wildman–Crippen LogP) is -1.69. The van der Waals surface area contributed by atoms with E-state index in [1.807, 2.05) is 4.98 Å². The van der Waals surface area contributed by atoms with Crippen LogP contribution >= 0.6 is 0 Å². The third kappa shape index (κ3) is 4.02. The number of hydrogen-bond acceptors (Lipinski definition) is 5. The lowest BCUT2D eigenvalue weighted by Crippen LogP contribution is -2.50. The van der Waals surface area contributed by atoms with Crippen molar-refractivity contribution in [3.05, 3.63) is 32.6 Å². The van der Waals surface area contributed by atoms with E-state index in [4.69, 9.17) is 9.84 Å². The van der Waals surface area contributed by atoms with Crippen LogP contribution in [0.25, 0.3) is 0 Å². The first-order chi connectivity index (χ1) is 9.95. The lowest BCUT2D eigenvalue weighted by molar-refractivity contribution is -0.145. The molecular weight excluding hydrogens is 282 g/mol. The van der Waals surface area contributed by atoms with Gasteiger partial charge in [-0.25, -0.2) is 4.79 Å². The zero-order valence-corrected chi connectivity index (χ0v) is 11.1. The van der Waals surface area contributed by atoms with Gasteiger partial charge in [0.2, 0.25) is 5.91 Å². The van der Waals surface area contributed by atoms with Gasteiger partial charge in [0, 0.05) is 18.3 Å². The molecule has 0 saturated carbocycles. The van der Waals surface area contributed by atoms with E-state index in [9.17, 15) is 19.2 Å². The molecule has 9 heteroatoms. The number of ether oxygens (including phenoxy) is 1. The molecule has 2 rings (SSSR count). The molecule has 21 heavy (non-hydrogen) atoms. The summed E-state index contributed by atoms with van der Waals surface area (Å²) in [5, 5.41) is 8.84. The Morgan fingerprint density at radius 2 is 2.14 bits per heavy atom. The number of morpholine rings is 1. The second-order valence-electron chi connectivity index (χ2n) is 4.70. The molecule has 1 unspecified atom stereocenters. The molecule has 1 aliphatic heterocycles. The number of carbonyl (C=O) groups excluding carboxylic acids is 1. The fraction of sp³-hybridized carbons (Fsp3) is 0.500. The first kappa shape index (κ1) is 15.0. The van der Waals surface area contributed by atoms with E-state index < -0.39 is 23.3 Å². The smallest absolute Gasteiger partial charge is 0.325 e. The second-order valence-corrected chi connectivity index (χ2v) is 4.70. The molecule has 0 bridgehead atoms. The minimum atomic E-state index is -1.02. The third-order valence-corrected chi connectivity index (χ3v) is 3.12. The SMILES string of the molecule is O=C(O)CC1COCCN1C(=O)Cc1cc(=O)[nH]c(=O)[nH]1. The molecule has 1 fully saturated rings. The number of aliphatic carboxylic acids is 1. The van der Waals surface area contributed by atoms with Crippen LogP contribution in [0.5, 0.6) is 0 Å². The average molecular weight is 297 g/mol. The van der Waals surface area contributed by atoms with E-state index in [-0.39, 0.29) is 37.6 Å². The Morgan fingerprint density at radius 1 is 1.38 bits per heavy atom. The number of carboxylic acid groups (broad SMARTS) is 1. The van der Waals surface area contributed by atoms with Gasteiger partial charge in [-0.2, -0.15) is 0 Å². The topological polar surface area (TPSA) is 133 Å². The molecule has 1 aliphatic rings. The van der Waals surface area contributed by atoms with Crippen LogP contribution < -0.4 is 11.2 Å². The van der Waals surface area contributed by atoms with Gasteiger partial charge in [-0.15, -0.1) is 0 Å². The summed E-state index contributed by atoms with van der Waals surface area (Å²) >= 11 is 0. The van der Waals surface area contributed by atoms with E-state index in [0.717, 1.165) is 6.07 Å². The van der Waals surface area contributed by atoms with Gasteiger partial charge in [0.15, 0.2) is 0 Å². The Balaban J connectivity index is 2.11. The Kier molecular flexibility index (Phi) is 4.53. The number of H-pyrrole nitrogens is 2. The van der Waals surface area contributed by atoms with E-state index in [2.05, 4.69) is 4.98 Å². The molecule has 1 aromatic rings. The van der Waals surface area contributed by atoms with Gasteiger partial charge in [0.25, 0.3) is 5.56 Å². The summed E-state index contributed by atoms with van der Waals surface area (Å²) in [6, 6.07) is 0.587. The van der Waals surface area contributed by atoms with Crippen molar-refractivity contribution in [3.63, 3.8) is 0 Å².